The van der Waals surface area contributed by atoms with Crippen molar-refractivity contribution in [3.63, 3.8) is 0 Å². The minimum Gasteiger partial charge on any atom is -0.352 e. The summed E-state index contributed by atoms with van der Waals surface area (Å²) in [4.78, 5) is 23.9. The first-order valence-corrected chi connectivity index (χ1v) is 7.66. The summed E-state index contributed by atoms with van der Waals surface area (Å²) < 4.78 is 26.0. The van der Waals surface area contributed by atoms with E-state index in [0.717, 1.165) is 25.0 Å². The molecule has 0 aliphatic heterocycles. The number of benzene rings is 2. The molecule has 2 aromatic rings. The second kappa shape index (κ2) is 8.19. The van der Waals surface area contributed by atoms with Gasteiger partial charge in [0.1, 0.15) is 0 Å². The number of halogens is 2. The highest BCUT2D eigenvalue weighted by Crippen LogP contribution is 2.14. The predicted octanol–water partition coefficient (Wildman–Crippen LogP) is 3.75. The molecule has 2 aromatic carbocycles. The van der Waals surface area contributed by atoms with Crippen LogP contribution in [0.4, 0.5) is 14.5 Å². The lowest BCUT2D eigenvalue weighted by Crippen LogP contribution is -2.24. The van der Waals surface area contributed by atoms with Gasteiger partial charge >= 0.3 is 0 Å². The first-order valence-electron chi connectivity index (χ1n) is 7.66. The van der Waals surface area contributed by atoms with Gasteiger partial charge in [0.15, 0.2) is 11.6 Å². The smallest absolute Gasteiger partial charge is 0.255 e. The summed E-state index contributed by atoms with van der Waals surface area (Å²) in [5.41, 5.74) is 0.917. The molecule has 2 N–H and O–H groups in total. The second-order valence-corrected chi connectivity index (χ2v) is 5.27. The van der Waals surface area contributed by atoms with Gasteiger partial charge in [-0.05, 0) is 42.8 Å². The standard InChI is InChI=1S/C18H18F2N2O2/c1-2-3-10-21-17(23)12-4-6-13(7-5-12)18(24)22-14-8-9-15(19)16(20)11-14/h4-9,11H,2-3,10H2,1H3,(H,21,23)(H,22,24). The van der Waals surface area contributed by atoms with E-state index in [1.165, 1.54) is 18.2 Å². The Hall–Kier alpha value is -2.76. The van der Waals surface area contributed by atoms with Crippen LogP contribution in [-0.4, -0.2) is 18.4 Å². The van der Waals surface area contributed by atoms with Crippen LogP contribution in [0.1, 0.15) is 40.5 Å². The maximum absolute atomic E-state index is 13.1. The number of carbonyl (C=O) groups is 2. The molecule has 0 bridgehead atoms. The van der Waals surface area contributed by atoms with Gasteiger partial charge < -0.3 is 10.6 Å². The largest absolute Gasteiger partial charge is 0.352 e. The van der Waals surface area contributed by atoms with Crippen molar-refractivity contribution in [2.45, 2.75) is 19.8 Å². The van der Waals surface area contributed by atoms with Gasteiger partial charge in [0, 0.05) is 29.4 Å². The molecule has 126 valence electrons. The quantitative estimate of drug-likeness (QED) is 0.792. The van der Waals surface area contributed by atoms with E-state index in [0.29, 0.717) is 17.7 Å². The second-order valence-electron chi connectivity index (χ2n) is 5.27. The predicted molar refractivity (Wildman–Crippen MR) is 88.0 cm³/mol. The molecule has 0 unspecified atom stereocenters. The van der Waals surface area contributed by atoms with Gasteiger partial charge in [0.2, 0.25) is 0 Å². The summed E-state index contributed by atoms with van der Waals surface area (Å²) >= 11 is 0. The highest BCUT2D eigenvalue weighted by atomic mass is 19.2. The zero-order valence-electron chi connectivity index (χ0n) is 13.2. The number of amides is 2. The molecule has 2 amide bonds. The number of anilines is 1. The molecule has 2 rings (SSSR count). The summed E-state index contributed by atoms with van der Waals surface area (Å²) in [5.74, 6) is -2.69. The summed E-state index contributed by atoms with van der Waals surface area (Å²) in [5, 5.41) is 5.25. The third-order valence-electron chi connectivity index (χ3n) is 3.40. The molecule has 6 heteroatoms. The topological polar surface area (TPSA) is 58.2 Å². The molecule has 4 nitrogen and oxygen atoms in total. The van der Waals surface area contributed by atoms with E-state index >= 15 is 0 Å². The van der Waals surface area contributed by atoms with Crippen molar-refractivity contribution in [2.24, 2.45) is 0 Å². The molecule has 0 saturated carbocycles. The van der Waals surface area contributed by atoms with Crippen molar-refractivity contribution >= 4 is 17.5 Å². The van der Waals surface area contributed by atoms with Crippen LogP contribution < -0.4 is 10.6 Å². The van der Waals surface area contributed by atoms with Crippen molar-refractivity contribution < 1.29 is 18.4 Å². The summed E-state index contributed by atoms with van der Waals surface area (Å²) in [6.07, 6.45) is 1.89. The Morgan fingerprint density at radius 2 is 1.54 bits per heavy atom. The first kappa shape index (κ1) is 17.6. The summed E-state index contributed by atoms with van der Waals surface area (Å²) in [6.45, 7) is 2.64. The van der Waals surface area contributed by atoms with Crippen molar-refractivity contribution in [1.29, 1.82) is 0 Å². The average molecular weight is 332 g/mol. The molecule has 0 fully saturated rings. The van der Waals surface area contributed by atoms with Crippen LogP contribution in [0.15, 0.2) is 42.5 Å². The Balaban J connectivity index is 2.00. The van der Waals surface area contributed by atoms with Gasteiger partial charge in [-0.2, -0.15) is 0 Å². The molecule has 0 radical (unpaired) electrons. The van der Waals surface area contributed by atoms with Gasteiger partial charge in [-0.3, -0.25) is 9.59 Å². The van der Waals surface area contributed by atoms with Crippen molar-refractivity contribution in [3.05, 3.63) is 65.2 Å². The molecule has 0 aliphatic carbocycles. The SMILES string of the molecule is CCCCNC(=O)c1ccc(C(=O)Nc2ccc(F)c(F)c2)cc1. The molecule has 0 atom stereocenters. The Labute approximate surface area is 138 Å². The van der Waals surface area contributed by atoms with E-state index in [1.807, 2.05) is 6.92 Å². The van der Waals surface area contributed by atoms with Crippen molar-refractivity contribution in [3.8, 4) is 0 Å². The lowest BCUT2D eigenvalue weighted by molar-refractivity contribution is 0.0951. The van der Waals surface area contributed by atoms with Gasteiger partial charge in [-0.15, -0.1) is 0 Å². The fraction of sp³-hybridized carbons (Fsp3) is 0.222. The third-order valence-corrected chi connectivity index (χ3v) is 3.40. The molecule has 0 saturated heterocycles. The molecule has 0 aromatic heterocycles. The fourth-order valence-corrected chi connectivity index (χ4v) is 2.03. The van der Waals surface area contributed by atoms with Gasteiger partial charge in [0.05, 0.1) is 0 Å². The zero-order chi connectivity index (χ0) is 17.5. The highest BCUT2D eigenvalue weighted by molar-refractivity contribution is 6.05. The number of hydrogen-bond acceptors (Lipinski definition) is 2. The number of unbranched alkanes of at least 4 members (excludes halogenated alkanes) is 1. The number of hydrogen-bond donors (Lipinski definition) is 2. The van der Waals surface area contributed by atoms with Crippen LogP contribution in [0.2, 0.25) is 0 Å². The van der Waals surface area contributed by atoms with Gasteiger partial charge in [-0.25, -0.2) is 8.78 Å². The average Bonchev–Trinajstić information content (AvgIpc) is 2.58. The van der Waals surface area contributed by atoms with Crippen LogP contribution in [0, 0.1) is 11.6 Å². The fourth-order valence-electron chi connectivity index (χ4n) is 2.03. The van der Waals surface area contributed by atoms with Gasteiger partial charge in [-0.1, -0.05) is 13.3 Å². The van der Waals surface area contributed by atoms with Crippen LogP contribution in [0.5, 0.6) is 0 Å². The van der Waals surface area contributed by atoms with Gasteiger partial charge in [0.25, 0.3) is 11.8 Å². The molecule has 24 heavy (non-hydrogen) atoms. The van der Waals surface area contributed by atoms with Crippen LogP contribution >= 0.6 is 0 Å². The van der Waals surface area contributed by atoms with Crippen molar-refractivity contribution in [1.82, 2.24) is 5.32 Å². The lowest BCUT2D eigenvalue weighted by atomic mass is 10.1. The minimum absolute atomic E-state index is 0.153. The molecular weight excluding hydrogens is 314 g/mol. The van der Waals surface area contributed by atoms with E-state index in [2.05, 4.69) is 10.6 Å². The maximum Gasteiger partial charge on any atom is 0.255 e. The Morgan fingerprint density at radius 3 is 2.12 bits per heavy atom. The number of nitrogens with one attached hydrogen (secondary N) is 2. The lowest BCUT2D eigenvalue weighted by Gasteiger charge is -2.07. The minimum atomic E-state index is -1.04. The summed E-state index contributed by atoms with van der Waals surface area (Å²) in [7, 11) is 0. The molecule has 0 aliphatic rings. The first-order chi connectivity index (χ1) is 11.5. The zero-order valence-corrected chi connectivity index (χ0v) is 13.2. The molecule has 0 heterocycles. The Morgan fingerprint density at radius 1 is 0.917 bits per heavy atom. The number of carbonyl (C=O) groups excluding carboxylic acids is 2. The highest BCUT2D eigenvalue weighted by Gasteiger charge is 2.10. The maximum atomic E-state index is 13.1. The van der Waals surface area contributed by atoms with Crippen LogP contribution in [0.25, 0.3) is 0 Å². The Kier molecular flexibility index (Phi) is 6.01. The van der Waals surface area contributed by atoms with Crippen molar-refractivity contribution in [2.75, 3.05) is 11.9 Å². The van der Waals surface area contributed by atoms with E-state index in [1.54, 1.807) is 12.1 Å². The number of rotatable bonds is 6. The third kappa shape index (κ3) is 4.62. The van der Waals surface area contributed by atoms with Crippen LogP contribution in [0.3, 0.4) is 0 Å². The monoisotopic (exact) mass is 332 g/mol. The van der Waals surface area contributed by atoms with E-state index in [-0.39, 0.29) is 11.6 Å². The molecular formula is C18H18F2N2O2. The van der Waals surface area contributed by atoms with Crippen LogP contribution in [-0.2, 0) is 0 Å². The molecule has 0 spiro atoms. The van der Waals surface area contributed by atoms with E-state index in [4.69, 9.17) is 0 Å². The van der Waals surface area contributed by atoms with E-state index in [9.17, 15) is 18.4 Å². The normalized spacial score (nSPS) is 10.3. The van der Waals surface area contributed by atoms with E-state index < -0.39 is 17.5 Å². The Bertz CT molecular complexity index is 730. The summed E-state index contributed by atoms with van der Waals surface area (Å²) in [6, 6.07) is 9.21.